The molecular weight excluding hydrogens is 222 g/mol. The van der Waals surface area contributed by atoms with E-state index in [1.54, 1.807) is 0 Å². The summed E-state index contributed by atoms with van der Waals surface area (Å²) in [7, 11) is 1.99. The van der Waals surface area contributed by atoms with Crippen LogP contribution in [0.4, 0.5) is 5.69 Å². The van der Waals surface area contributed by atoms with E-state index in [0.29, 0.717) is 5.41 Å². The summed E-state index contributed by atoms with van der Waals surface area (Å²) in [5.74, 6) is 0. The van der Waals surface area contributed by atoms with Gasteiger partial charge in [0.1, 0.15) is 0 Å². The van der Waals surface area contributed by atoms with E-state index in [-0.39, 0.29) is 0 Å². The summed E-state index contributed by atoms with van der Waals surface area (Å²) in [6.45, 7) is 8.00. The molecule has 0 bridgehead atoms. The number of hydrogen-bond donors (Lipinski definition) is 1. The van der Waals surface area contributed by atoms with Gasteiger partial charge in [0.2, 0.25) is 0 Å². The predicted octanol–water partition coefficient (Wildman–Crippen LogP) is 2.82. The molecule has 3 nitrogen and oxygen atoms in total. The van der Waals surface area contributed by atoms with E-state index in [2.05, 4.69) is 35.1 Å². The Kier molecular flexibility index (Phi) is 4.23. The molecule has 0 aliphatic carbocycles. The number of rotatable bonds is 3. The van der Waals surface area contributed by atoms with Gasteiger partial charge in [-0.05, 0) is 37.8 Å². The number of aromatic nitrogens is 1. The quantitative estimate of drug-likeness (QED) is 0.890. The third kappa shape index (κ3) is 3.22. The molecule has 18 heavy (non-hydrogen) atoms. The van der Waals surface area contributed by atoms with Crippen molar-refractivity contribution < 1.29 is 0 Å². The maximum absolute atomic E-state index is 4.24. The molecule has 0 aromatic carbocycles. The maximum atomic E-state index is 4.24. The first kappa shape index (κ1) is 13.3. The van der Waals surface area contributed by atoms with Crippen molar-refractivity contribution in [3.05, 3.63) is 24.0 Å². The molecule has 1 aromatic heterocycles. The van der Waals surface area contributed by atoms with Crippen LogP contribution >= 0.6 is 0 Å². The van der Waals surface area contributed by atoms with Gasteiger partial charge in [0.05, 0.1) is 0 Å². The van der Waals surface area contributed by atoms with Crippen LogP contribution in [0.25, 0.3) is 0 Å². The summed E-state index contributed by atoms with van der Waals surface area (Å²) in [5.41, 5.74) is 3.15. The Morgan fingerprint density at radius 1 is 1.33 bits per heavy atom. The zero-order valence-corrected chi connectivity index (χ0v) is 11.9. The van der Waals surface area contributed by atoms with Crippen molar-refractivity contribution in [3.63, 3.8) is 0 Å². The Morgan fingerprint density at radius 2 is 2.17 bits per heavy atom. The summed E-state index contributed by atoms with van der Waals surface area (Å²) in [6.07, 6.45) is 7.78. The first-order valence-corrected chi connectivity index (χ1v) is 6.95. The number of pyridine rings is 1. The molecule has 0 atom stereocenters. The van der Waals surface area contributed by atoms with Crippen LogP contribution in [0, 0.1) is 5.41 Å². The summed E-state index contributed by atoms with van der Waals surface area (Å²) >= 11 is 0. The monoisotopic (exact) mass is 247 g/mol. The largest absolute Gasteiger partial charge is 0.371 e. The van der Waals surface area contributed by atoms with Crippen molar-refractivity contribution in [3.8, 4) is 0 Å². The Balaban J connectivity index is 2.15. The van der Waals surface area contributed by atoms with Gasteiger partial charge in [-0.1, -0.05) is 13.8 Å². The molecule has 1 saturated heterocycles. The lowest BCUT2D eigenvalue weighted by atomic mass is 9.85. The highest BCUT2D eigenvalue weighted by Gasteiger charge is 2.23. The molecule has 1 aromatic rings. The van der Waals surface area contributed by atoms with Crippen LogP contribution in [0.2, 0.25) is 0 Å². The van der Waals surface area contributed by atoms with Crippen LogP contribution < -0.4 is 10.2 Å². The lowest BCUT2D eigenvalue weighted by Gasteiger charge is -2.26. The number of anilines is 1. The van der Waals surface area contributed by atoms with Crippen molar-refractivity contribution in [2.45, 2.75) is 39.7 Å². The van der Waals surface area contributed by atoms with Crippen LogP contribution in [-0.2, 0) is 6.54 Å². The van der Waals surface area contributed by atoms with Gasteiger partial charge in [0, 0.05) is 43.3 Å². The average Bonchev–Trinajstić information content (AvgIpc) is 2.52. The van der Waals surface area contributed by atoms with Crippen molar-refractivity contribution in [2.24, 2.45) is 5.41 Å². The lowest BCUT2D eigenvalue weighted by Crippen LogP contribution is -2.26. The molecule has 2 rings (SSSR count). The molecule has 1 aliphatic rings. The van der Waals surface area contributed by atoms with Gasteiger partial charge in [-0.25, -0.2) is 0 Å². The van der Waals surface area contributed by atoms with Crippen LogP contribution in [0.15, 0.2) is 18.5 Å². The van der Waals surface area contributed by atoms with Gasteiger partial charge < -0.3 is 10.2 Å². The fourth-order valence-corrected chi connectivity index (χ4v) is 2.72. The number of nitrogens with zero attached hydrogens (tertiary/aromatic N) is 2. The zero-order valence-electron chi connectivity index (χ0n) is 11.9. The molecule has 0 amide bonds. The molecule has 1 N–H and O–H groups in total. The maximum Gasteiger partial charge on any atom is 0.0442 e. The SMILES string of the molecule is CNCc1cnccc1N1CCCC(C)(C)CC1. The standard InChI is InChI=1S/C15H25N3/c1-15(2)6-4-9-18(10-7-15)14-5-8-17-12-13(14)11-16-3/h5,8,12,16H,4,6-7,9-11H2,1-3H3. The Morgan fingerprint density at radius 3 is 2.94 bits per heavy atom. The third-order valence-corrected chi connectivity index (χ3v) is 3.93. The summed E-state index contributed by atoms with van der Waals surface area (Å²) in [4.78, 5) is 6.78. The second-order valence-electron chi connectivity index (χ2n) is 6.04. The first-order chi connectivity index (χ1) is 8.62. The molecule has 0 unspecified atom stereocenters. The smallest absolute Gasteiger partial charge is 0.0442 e. The minimum atomic E-state index is 0.491. The second-order valence-corrected chi connectivity index (χ2v) is 6.04. The molecular formula is C15H25N3. The number of hydrogen-bond acceptors (Lipinski definition) is 3. The zero-order chi connectivity index (χ0) is 13.0. The minimum absolute atomic E-state index is 0.491. The molecule has 0 saturated carbocycles. The van der Waals surface area contributed by atoms with Crippen LogP contribution in [0.1, 0.15) is 38.7 Å². The second kappa shape index (κ2) is 5.70. The Hall–Kier alpha value is -1.09. The molecule has 2 heterocycles. The van der Waals surface area contributed by atoms with Crippen molar-refractivity contribution in [1.29, 1.82) is 0 Å². The fourth-order valence-electron chi connectivity index (χ4n) is 2.72. The van der Waals surface area contributed by atoms with Gasteiger partial charge in [-0.15, -0.1) is 0 Å². The van der Waals surface area contributed by atoms with Crippen molar-refractivity contribution >= 4 is 5.69 Å². The van der Waals surface area contributed by atoms with E-state index in [1.165, 1.54) is 37.1 Å². The topological polar surface area (TPSA) is 28.2 Å². The fraction of sp³-hybridized carbons (Fsp3) is 0.667. The van der Waals surface area contributed by atoms with Gasteiger partial charge in [0.25, 0.3) is 0 Å². The predicted molar refractivity (Wildman–Crippen MR) is 76.8 cm³/mol. The van der Waals surface area contributed by atoms with E-state index in [1.807, 2.05) is 19.4 Å². The summed E-state index contributed by atoms with van der Waals surface area (Å²) in [6, 6.07) is 2.16. The molecule has 0 radical (unpaired) electrons. The van der Waals surface area contributed by atoms with E-state index in [4.69, 9.17) is 0 Å². The highest BCUT2D eigenvalue weighted by molar-refractivity contribution is 5.52. The van der Waals surface area contributed by atoms with Gasteiger partial charge >= 0.3 is 0 Å². The lowest BCUT2D eigenvalue weighted by molar-refractivity contribution is 0.325. The van der Waals surface area contributed by atoms with Crippen molar-refractivity contribution in [1.82, 2.24) is 10.3 Å². The molecule has 0 spiro atoms. The Labute approximate surface area is 111 Å². The highest BCUT2D eigenvalue weighted by atomic mass is 15.1. The van der Waals surface area contributed by atoms with Crippen LogP contribution in [0.3, 0.4) is 0 Å². The van der Waals surface area contributed by atoms with Gasteiger partial charge in [0.15, 0.2) is 0 Å². The Bertz CT molecular complexity index is 387. The average molecular weight is 247 g/mol. The van der Waals surface area contributed by atoms with E-state index >= 15 is 0 Å². The summed E-state index contributed by atoms with van der Waals surface area (Å²) < 4.78 is 0. The van der Waals surface area contributed by atoms with E-state index in [9.17, 15) is 0 Å². The minimum Gasteiger partial charge on any atom is -0.371 e. The van der Waals surface area contributed by atoms with Gasteiger partial charge in [-0.2, -0.15) is 0 Å². The molecule has 1 aliphatic heterocycles. The van der Waals surface area contributed by atoms with E-state index < -0.39 is 0 Å². The highest BCUT2D eigenvalue weighted by Crippen LogP contribution is 2.32. The molecule has 1 fully saturated rings. The molecule has 100 valence electrons. The van der Waals surface area contributed by atoms with Crippen molar-refractivity contribution in [2.75, 3.05) is 25.0 Å². The van der Waals surface area contributed by atoms with Gasteiger partial charge in [-0.3, -0.25) is 4.98 Å². The van der Waals surface area contributed by atoms with Crippen LogP contribution in [0.5, 0.6) is 0 Å². The van der Waals surface area contributed by atoms with Crippen LogP contribution in [-0.4, -0.2) is 25.1 Å². The molecule has 3 heteroatoms. The number of nitrogens with one attached hydrogen (secondary N) is 1. The first-order valence-electron chi connectivity index (χ1n) is 6.95. The normalized spacial score (nSPS) is 19.6. The van der Waals surface area contributed by atoms with E-state index in [0.717, 1.165) is 13.1 Å². The third-order valence-electron chi connectivity index (χ3n) is 3.93. The summed E-state index contributed by atoms with van der Waals surface area (Å²) in [5, 5.41) is 3.23.